The molecule has 344 valence electrons. The molecule has 0 bridgehead atoms. The van der Waals surface area contributed by atoms with Gasteiger partial charge in [-0.15, -0.1) is 11.3 Å². The summed E-state index contributed by atoms with van der Waals surface area (Å²) < 4.78 is 7.73. The fourth-order valence-corrected chi connectivity index (χ4v) is 9.28. The van der Waals surface area contributed by atoms with E-state index in [0.29, 0.717) is 17.3 Å². The number of amides is 3. The largest absolute Gasteiger partial charge is 0.391 e. The number of aryl methyl sites for hydroxylation is 4. The number of anilines is 2. The molecule has 15 heteroatoms. The number of nitrogens with one attached hydrogen (secondary N) is 2. The van der Waals surface area contributed by atoms with Gasteiger partial charge in [-0.2, -0.15) is 5.10 Å². The Morgan fingerprint density at radius 1 is 1.02 bits per heavy atom. The van der Waals surface area contributed by atoms with Crippen molar-refractivity contribution in [3.63, 3.8) is 0 Å². The van der Waals surface area contributed by atoms with Gasteiger partial charge in [0, 0.05) is 60.8 Å². The number of hydrogen-bond acceptors (Lipinski definition) is 9. The van der Waals surface area contributed by atoms with Gasteiger partial charge in [0.1, 0.15) is 18.7 Å². The number of hydrogen-bond donors (Lipinski definition) is 3. The monoisotopic (exact) mass is 920 g/mol. The van der Waals surface area contributed by atoms with Gasteiger partial charge in [0.05, 0.1) is 40.5 Å². The molecule has 3 heterocycles. The third kappa shape index (κ3) is 12.0. The molecule has 2 aromatic heterocycles. The Bertz CT molecular complexity index is 2510. The van der Waals surface area contributed by atoms with Gasteiger partial charge < -0.3 is 30.3 Å². The highest BCUT2D eigenvalue weighted by Gasteiger charge is 2.44. The number of carbonyl (C=O) groups is 3. The van der Waals surface area contributed by atoms with Crippen LogP contribution in [0.2, 0.25) is 5.02 Å². The average molecular weight is 922 g/mol. The van der Waals surface area contributed by atoms with E-state index in [0.717, 1.165) is 87.8 Å². The number of aliphatic hydroxyl groups excluding tert-OH is 1. The van der Waals surface area contributed by atoms with Crippen LogP contribution in [-0.2, 0) is 25.7 Å². The average Bonchev–Trinajstić information content (AvgIpc) is 4.00. The van der Waals surface area contributed by atoms with Crippen LogP contribution in [0.25, 0.3) is 26.5 Å². The van der Waals surface area contributed by atoms with E-state index < -0.39 is 35.4 Å². The summed E-state index contributed by atoms with van der Waals surface area (Å²) >= 11 is 7.98. The highest BCUT2D eigenvalue weighted by molar-refractivity contribution is 7.13. The van der Waals surface area contributed by atoms with Crippen LogP contribution in [0.5, 0.6) is 0 Å². The summed E-state index contributed by atoms with van der Waals surface area (Å²) in [5, 5.41) is 21.9. The number of nitrogens with zero attached hydrogens (tertiary/aromatic N) is 6. The lowest BCUT2D eigenvalue weighted by molar-refractivity contribution is -0.144. The second-order valence-electron chi connectivity index (χ2n) is 17.9. The van der Waals surface area contributed by atoms with Crippen molar-refractivity contribution in [1.29, 1.82) is 0 Å². The number of halogens is 1. The van der Waals surface area contributed by atoms with Crippen LogP contribution < -0.4 is 15.5 Å². The molecule has 0 spiro atoms. The molecule has 65 heavy (non-hydrogen) atoms. The van der Waals surface area contributed by atoms with Gasteiger partial charge in [-0.1, -0.05) is 74.8 Å². The topological polar surface area (TPSA) is 146 Å². The highest BCUT2D eigenvalue weighted by atomic mass is 35.5. The lowest BCUT2D eigenvalue weighted by Gasteiger charge is -2.35. The number of rotatable bonds is 18. The third-order valence-corrected chi connectivity index (χ3v) is 13.1. The number of aliphatic hydroxyl groups is 1. The van der Waals surface area contributed by atoms with E-state index in [2.05, 4.69) is 70.5 Å². The first-order chi connectivity index (χ1) is 31.0. The van der Waals surface area contributed by atoms with Crippen LogP contribution in [0.4, 0.5) is 17.1 Å². The molecule has 3 N–H and O–H groups in total. The Morgan fingerprint density at radius 2 is 1.75 bits per heavy atom. The maximum absolute atomic E-state index is 14.1. The normalized spacial score (nSPS) is 15.9. The maximum Gasteiger partial charge on any atom is 0.246 e. The van der Waals surface area contributed by atoms with Crippen LogP contribution in [-0.4, -0.2) is 87.0 Å². The number of benzene rings is 3. The molecule has 3 amide bonds. The molecule has 4 atom stereocenters. The van der Waals surface area contributed by atoms with Crippen molar-refractivity contribution in [3.8, 4) is 21.7 Å². The molecule has 0 saturated carbocycles. The van der Waals surface area contributed by atoms with Gasteiger partial charge in [-0.3, -0.25) is 19.1 Å². The first-order valence-electron chi connectivity index (χ1n) is 22.2. The van der Waals surface area contributed by atoms with Crippen molar-refractivity contribution in [3.05, 3.63) is 111 Å². The summed E-state index contributed by atoms with van der Waals surface area (Å²) in [6.45, 7) is 24.6. The number of carbonyl (C=O) groups excluding carboxylic acids is 3. The van der Waals surface area contributed by atoms with Gasteiger partial charge in [-0.25, -0.2) is 9.83 Å². The van der Waals surface area contributed by atoms with Crippen LogP contribution in [0.15, 0.2) is 72.4 Å². The summed E-state index contributed by atoms with van der Waals surface area (Å²) in [6, 6.07) is 17.7. The number of thiazole rings is 1. The molecular weight excluding hydrogens is 860 g/mol. The Morgan fingerprint density at radius 3 is 2.42 bits per heavy atom. The Kier molecular flexibility index (Phi) is 16.2. The van der Waals surface area contributed by atoms with Gasteiger partial charge in [0.15, 0.2) is 0 Å². The third-order valence-electron chi connectivity index (χ3n) is 11.9. The van der Waals surface area contributed by atoms with E-state index in [1.165, 1.54) is 4.90 Å². The predicted molar refractivity (Wildman–Crippen MR) is 259 cm³/mol. The lowest BCUT2D eigenvalue weighted by Crippen LogP contribution is -2.58. The first-order valence-corrected chi connectivity index (χ1v) is 23.5. The van der Waals surface area contributed by atoms with Gasteiger partial charge in [-0.05, 0) is 99.7 Å². The number of β-amino-alcohol motifs (C(OH)–C–C–N with tert-alkyl or cyclic N) is 1. The zero-order chi connectivity index (χ0) is 47.0. The smallest absolute Gasteiger partial charge is 0.246 e. The van der Waals surface area contributed by atoms with Crippen molar-refractivity contribution in [2.24, 2.45) is 5.41 Å². The molecule has 1 saturated heterocycles. The van der Waals surface area contributed by atoms with Crippen molar-refractivity contribution < 1.29 is 24.2 Å². The Balaban J connectivity index is 0.961. The van der Waals surface area contributed by atoms with Crippen LogP contribution >= 0.6 is 22.9 Å². The minimum atomic E-state index is -0.943. The minimum absolute atomic E-state index is 0.00505. The number of unbranched alkanes of at least 4 members (excludes halogenated alkanes) is 2. The SMILES string of the molecule is [C-]#[N+]c1ccc(N(CC)c2cc(-c3nn(CCCCCOCC(=O)N[C@H](C(=O)N4C[C@H](O)C[C@H]4C(=O)N[C@@H](C)c4ccc(-c5scnc5C)cc4)C(C)(C)C)cc3C)ccc2C)cc1Cl. The molecule has 0 unspecified atom stereocenters. The molecule has 1 aliphatic rings. The lowest BCUT2D eigenvalue weighted by atomic mass is 9.85. The molecule has 0 aliphatic carbocycles. The zero-order valence-corrected chi connectivity index (χ0v) is 40.2. The summed E-state index contributed by atoms with van der Waals surface area (Å²) in [6.07, 6.45) is 3.78. The molecule has 1 fully saturated rings. The van der Waals surface area contributed by atoms with E-state index in [9.17, 15) is 19.5 Å². The first kappa shape index (κ1) is 48.9. The van der Waals surface area contributed by atoms with Crippen molar-refractivity contribution in [1.82, 2.24) is 30.3 Å². The van der Waals surface area contributed by atoms with Crippen LogP contribution in [0.1, 0.15) is 88.7 Å². The van der Waals surface area contributed by atoms with E-state index in [-0.39, 0.29) is 31.5 Å². The summed E-state index contributed by atoms with van der Waals surface area (Å²) in [7, 11) is 0. The maximum atomic E-state index is 14.1. The summed E-state index contributed by atoms with van der Waals surface area (Å²) in [4.78, 5) is 53.4. The standard InChI is InChI=1S/C50H61ClN8O5S/c1-10-58(38-20-21-41(52-9)40(51)25-38)42-24-37(15-14-31(42)2)45-32(3)27-57(56-45)22-12-11-13-23-64-29-44(61)55-47(50(6,7)8)49(63)59-28-39(60)26-43(59)48(62)54-33(4)35-16-18-36(19-17-35)46-34(5)53-30-65-46/h14-21,24-25,27,30,33,39,43,47,60H,10-13,22-23,26,28-29H2,1-8H3,(H,54,62)(H,55,61)/t33-,39+,43-,47+/m0/s1. The van der Waals surface area contributed by atoms with Gasteiger partial charge >= 0.3 is 0 Å². The molecule has 13 nitrogen and oxygen atoms in total. The number of likely N-dealkylation sites (tertiary alicyclic amines) is 1. The van der Waals surface area contributed by atoms with Crippen LogP contribution in [0, 0.1) is 32.8 Å². The van der Waals surface area contributed by atoms with Gasteiger partial charge in [0.25, 0.3) is 0 Å². The number of ether oxygens (including phenoxy) is 1. The molecule has 3 aromatic carbocycles. The Labute approximate surface area is 392 Å². The number of aromatic nitrogens is 3. The predicted octanol–water partition coefficient (Wildman–Crippen LogP) is 9.52. The van der Waals surface area contributed by atoms with E-state index in [4.69, 9.17) is 28.0 Å². The summed E-state index contributed by atoms with van der Waals surface area (Å²) in [5.74, 6) is -1.20. The van der Waals surface area contributed by atoms with Crippen molar-refractivity contribution in [2.45, 2.75) is 112 Å². The van der Waals surface area contributed by atoms with E-state index in [1.807, 2.05) is 81.2 Å². The quantitative estimate of drug-likeness (QED) is 0.0582. The van der Waals surface area contributed by atoms with Crippen LogP contribution in [0.3, 0.4) is 0 Å². The molecule has 5 aromatic rings. The molecule has 0 radical (unpaired) electrons. The minimum Gasteiger partial charge on any atom is -0.391 e. The second-order valence-corrected chi connectivity index (χ2v) is 19.2. The van der Waals surface area contributed by atoms with Crippen molar-refractivity contribution >= 4 is 57.7 Å². The Hall–Kier alpha value is -5.59. The van der Waals surface area contributed by atoms with E-state index >= 15 is 0 Å². The zero-order valence-electron chi connectivity index (χ0n) is 38.7. The molecule has 6 rings (SSSR count). The second kappa shape index (κ2) is 21.6. The highest BCUT2D eigenvalue weighted by Crippen LogP contribution is 2.37. The fraction of sp³-hybridized carbons (Fsp3) is 0.440. The molecule has 1 aliphatic heterocycles. The molecular formula is C50H61ClN8O5S. The summed E-state index contributed by atoms with van der Waals surface area (Å²) in [5.41, 5.74) is 10.6. The van der Waals surface area contributed by atoms with Crippen molar-refractivity contribution in [2.75, 3.05) is 31.2 Å². The van der Waals surface area contributed by atoms with E-state index in [1.54, 1.807) is 17.4 Å². The van der Waals surface area contributed by atoms with Gasteiger partial charge in [0.2, 0.25) is 23.4 Å². The fourth-order valence-electron chi connectivity index (χ4n) is 8.25.